The number of piperazine rings is 1. The van der Waals surface area contributed by atoms with Gasteiger partial charge in [-0.1, -0.05) is 12.1 Å². The van der Waals surface area contributed by atoms with E-state index >= 15 is 0 Å². The smallest absolute Gasteiger partial charge is 0.159 e. The van der Waals surface area contributed by atoms with Gasteiger partial charge in [0, 0.05) is 48.9 Å². The molecular weight excluding hydrogens is 354 g/mol. The summed E-state index contributed by atoms with van der Waals surface area (Å²) < 4.78 is 27.9. The zero-order valence-electron chi connectivity index (χ0n) is 14.8. The number of hydrogen-bond donors (Lipinski definition) is 0. The van der Waals surface area contributed by atoms with Crippen molar-refractivity contribution in [1.82, 2.24) is 4.90 Å². The Labute approximate surface area is 157 Å². The van der Waals surface area contributed by atoms with Crippen molar-refractivity contribution in [1.29, 1.82) is 0 Å². The normalized spacial score (nSPS) is 15.3. The Morgan fingerprint density at radius 1 is 1.04 bits per heavy atom. The largest absolute Gasteiger partial charge is 0.367 e. The monoisotopic (exact) mass is 376 g/mol. The van der Waals surface area contributed by atoms with Gasteiger partial charge in [0.2, 0.25) is 0 Å². The third kappa shape index (κ3) is 4.62. The van der Waals surface area contributed by atoms with Crippen LogP contribution in [0.25, 0.3) is 0 Å². The molecule has 0 amide bonds. The van der Waals surface area contributed by atoms with E-state index in [9.17, 15) is 13.6 Å². The van der Waals surface area contributed by atoms with E-state index in [4.69, 9.17) is 0 Å². The Hall–Kier alpha value is -1.92. The molecule has 0 aromatic heterocycles. The van der Waals surface area contributed by atoms with E-state index in [0.717, 1.165) is 38.5 Å². The highest BCUT2D eigenvalue weighted by molar-refractivity contribution is 7.99. The summed E-state index contributed by atoms with van der Waals surface area (Å²) in [5.41, 5.74) is 0.949. The number of thioether (sulfide) groups is 1. The molecule has 0 saturated carbocycles. The summed E-state index contributed by atoms with van der Waals surface area (Å²) in [5, 5.41) is 0. The lowest BCUT2D eigenvalue weighted by Crippen LogP contribution is -2.47. The van der Waals surface area contributed by atoms with E-state index in [1.54, 1.807) is 24.3 Å². The van der Waals surface area contributed by atoms with E-state index in [1.807, 2.05) is 11.0 Å². The number of carbonyl (C=O) groups excluding carboxylic acids is 1. The molecule has 3 rings (SSSR count). The maximum atomic E-state index is 14.3. The molecule has 2 aromatic carbocycles. The molecule has 6 heteroatoms. The van der Waals surface area contributed by atoms with Crippen LogP contribution in [0.15, 0.2) is 47.4 Å². The summed E-state index contributed by atoms with van der Waals surface area (Å²) >= 11 is 1.52. The van der Waals surface area contributed by atoms with E-state index < -0.39 is 0 Å². The molecule has 138 valence electrons. The molecule has 1 heterocycles. The van der Waals surface area contributed by atoms with E-state index in [-0.39, 0.29) is 17.4 Å². The van der Waals surface area contributed by atoms with Crippen molar-refractivity contribution in [3.8, 4) is 0 Å². The highest BCUT2D eigenvalue weighted by atomic mass is 32.2. The van der Waals surface area contributed by atoms with Crippen molar-refractivity contribution in [3.05, 3.63) is 59.7 Å². The van der Waals surface area contributed by atoms with Gasteiger partial charge >= 0.3 is 0 Å². The molecule has 0 unspecified atom stereocenters. The van der Waals surface area contributed by atoms with Crippen LogP contribution < -0.4 is 4.90 Å². The van der Waals surface area contributed by atoms with Crippen molar-refractivity contribution in [2.24, 2.45) is 0 Å². The number of carbonyl (C=O) groups is 1. The van der Waals surface area contributed by atoms with Gasteiger partial charge in [0.1, 0.15) is 11.6 Å². The summed E-state index contributed by atoms with van der Waals surface area (Å²) in [6.45, 7) is 5.46. The standard InChI is InChI=1S/C20H22F2N2OS/c1-15(25)16-6-7-19(18(22)14-16)24-10-8-23(9-11-24)12-13-26-20-5-3-2-4-17(20)21/h2-7,14H,8-13H2,1H3. The van der Waals surface area contributed by atoms with Crippen LogP contribution in [0.1, 0.15) is 17.3 Å². The molecule has 1 fully saturated rings. The first-order valence-electron chi connectivity index (χ1n) is 8.70. The number of Topliss-reactive ketones (excluding diaryl/α,β-unsaturated/α-hetero) is 1. The molecule has 0 radical (unpaired) electrons. The first-order valence-corrected chi connectivity index (χ1v) is 9.68. The summed E-state index contributed by atoms with van der Waals surface area (Å²) in [4.78, 5) is 16.3. The van der Waals surface area contributed by atoms with Gasteiger partial charge in [0.05, 0.1) is 5.69 Å². The molecule has 26 heavy (non-hydrogen) atoms. The molecular formula is C20H22F2N2OS. The van der Waals surface area contributed by atoms with Gasteiger partial charge in [-0.15, -0.1) is 11.8 Å². The highest BCUT2D eigenvalue weighted by Crippen LogP contribution is 2.24. The molecule has 0 atom stereocenters. The number of anilines is 1. The number of rotatable bonds is 6. The van der Waals surface area contributed by atoms with Gasteiger partial charge < -0.3 is 4.90 Å². The molecule has 2 aromatic rings. The van der Waals surface area contributed by atoms with Gasteiger partial charge in [-0.3, -0.25) is 9.69 Å². The Bertz CT molecular complexity index is 776. The summed E-state index contributed by atoms with van der Waals surface area (Å²) in [6.07, 6.45) is 0. The minimum Gasteiger partial charge on any atom is -0.367 e. The van der Waals surface area contributed by atoms with Crippen LogP contribution in [0.2, 0.25) is 0 Å². The minimum absolute atomic E-state index is 0.132. The molecule has 0 aliphatic carbocycles. The van der Waals surface area contributed by atoms with Crippen molar-refractivity contribution in [2.75, 3.05) is 43.4 Å². The van der Waals surface area contributed by atoms with Crippen LogP contribution in [0, 0.1) is 11.6 Å². The molecule has 1 saturated heterocycles. The molecule has 3 nitrogen and oxygen atoms in total. The van der Waals surface area contributed by atoms with E-state index in [1.165, 1.54) is 30.8 Å². The van der Waals surface area contributed by atoms with Crippen molar-refractivity contribution in [2.45, 2.75) is 11.8 Å². The molecule has 1 aliphatic heterocycles. The third-order valence-electron chi connectivity index (χ3n) is 4.57. The van der Waals surface area contributed by atoms with Crippen molar-refractivity contribution >= 4 is 23.2 Å². The van der Waals surface area contributed by atoms with Gasteiger partial charge in [-0.25, -0.2) is 8.78 Å². The summed E-state index contributed by atoms with van der Waals surface area (Å²) in [7, 11) is 0. The van der Waals surface area contributed by atoms with Gasteiger partial charge in [0.15, 0.2) is 5.78 Å². The maximum absolute atomic E-state index is 14.3. The number of halogens is 2. The minimum atomic E-state index is -0.346. The fourth-order valence-corrected chi connectivity index (χ4v) is 3.99. The van der Waals surface area contributed by atoms with Gasteiger partial charge in [-0.05, 0) is 37.3 Å². The van der Waals surface area contributed by atoms with Crippen LogP contribution in [0.4, 0.5) is 14.5 Å². The van der Waals surface area contributed by atoms with Gasteiger partial charge in [-0.2, -0.15) is 0 Å². The second-order valence-electron chi connectivity index (χ2n) is 6.33. The second-order valence-corrected chi connectivity index (χ2v) is 7.47. The zero-order chi connectivity index (χ0) is 18.5. The lowest BCUT2D eigenvalue weighted by Gasteiger charge is -2.36. The summed E-state index contributed by atoms with van der Waals surface area (Å²) in [5.74, 6) is 0.170. The average Bonchev–Trinajstić information content (AvgIpc) is 2.64. The van der Waals surface area contributed by atoms with Crippen molar-refractivity contribution < 1.29 is 13.6 Å². The predicted molar refractivity (Wildman–Crippen MR) is 102 cm³/mol. The fraction of sp³-hybridized carbons (Fsp3) is 0.350. The van der Waals surface area contributed by atoms with Crippen LogP contribution in [0.5, 0.6) is 0 Å². The maximum Gasteiger partial charge on any atom is 0.159 e. The van der Waals surface area contributed by atoms with Crippen LogP contribution in [-0.4, -0.2) is 49.2 Å². The first-order chi connectivity index (χ1) is 12.5. The number of hydrogen-bond acceptors (Lipinski definition) is 4. The number of ketones is 1. The van der Waals surface area contributed by atoms with Crippen LogP contribution in [0.3, 0.4) is 0 Å². The van der Waals surface area contributed by atoms with Crippen LogP contribution in [-0.2, 0) is 0 Å². The summed E-state index contributed by atoms with van der Waals surface area (Å²) in [6, 6.07) is 11.5. The first kappa shape index (κ1) is 18.9. The lowest BCUT2D eigenvalue weighted by atomic mass is 10.1. The predicted octanol–water partition coefficient (Wildman–Crippen LogP) is 4.08. The molecule has 0 spiro atoms. The Morgan fingerprint density at radius 3 is 2.42 bits per heavy atom. The van der Waals surface area contributed by atoms with Gasteiger partial charge in [0.25, 0.3) is 0 Å². The zero-order valence-corrected chi connectivity index (χ0v) is 15.6. The molecule has 0 N–H and O–H groups in total. The topological polar surface area (TPSA) is 23.6 Å². The number of nitrogens with zero attached hydrogens (tertiary/aromatic N) is 2. The van der Waals surface area contributed by atoms with Crippen molar-refractivity contribution in [3.63, 3.8) is 0 Å². The Morgan fingerprint density at radius 2 is 1.77 bits per heavy atom. The highest BCUT2D eigenvalue weighted by Gasteiger charge is 2.20. The lowest BCUT2D eigenvalue weighted by molar-refractivity contribution is 0.101. The van der Waals surface area contributed by atoms with E-state index in [0.29, 0.717) is 16.1 Å². The number of benzene rings is 2. The average molecular weight is 376 g/mol. The molecule has 0 bridgehead atoms. The van der Waals surface area contributed by atoms with E-state index in [2.05, 4.69) is 4.90 Å². The second kappa shape index (κ2) is 8.64. The SMILES string of the molecule is CC(=O)c1ccc(N2CCN(CCSc3ccccc3F)CC2)c(F)c1. The Kier molecular flexibility index (Phi) is 6.27. The Balaban J connectivity index is 1.48. The fourth-order valence-electron chi connectivity index (χ4n) is 3.04. The molecule has 1 aliphatic rings. The third-order valence-corrected chi connectivity index (χ3v) is 5.60. The quantitative estimate of drug-likeness (QED) is 0.560. The van der Waals surface area contributed by atoms with Crippen LogP contribution >= 0.6 is 11.8 Å².